The zero-order chi connectivity index (χ0) is 14.4. The van der Waals surface area contributed by atoms with Crippen LogP contribution in [0, 0.1) is 0 Å². The van der Waals surface area contributed by atoms with Crippen LogP contribution in [0.25, 0.3) is 0 Å². The lowest BCUT2D eigenvalue weighted by Gasteiger charge is -2.37. The van der Waals surface area contributed by atoms with E-state index in [0.29, 0.717) is 12.1 Å². The molecule has 3 heteroatoms. The Bertz CT molecular complexity index is 390. The van der Waals surface area contributed by atoms with E-state index in [0.717, 1.165) is 32.7 Å². The number of nitrogens with zero attached hydrogens (tertiary/aromatic N) is 1. The van der Waals surface area contributed by atoms with E-state index in [1.165, 1.54) is 17.7 Å². The first-order chi connectivity index (χ1) is 9.76. The zero-order valence-electron chi connectivity index (χ0n) is 13.1. The van der Waals surface area contributed by atoms with E-state index in [1.54, 1.807) is 0 Å². The number of nitrogens with one attached hydrogen (secondary N) is 1. The summed E-state index contributed by atoms with van der Waals surface area (Å²) in [5.74, 6) is 0. The highest BCUT2D eigenvalue weighted by Crippen LogP contribution is 2.23. The van der Waals surface area contributed by atoms with Gasteiger partial charge >= 0.3 is 0 Å². The average molecular weight is 276 g/mol. The van der Waals surface area contributed by atoms with Crippen LogP contribution in [0.5, 0.6) is 0 Å². The van der Waals surface area contributed by atoms with Gasteiger partial charge in [-0.25, -0.2) is 0 Å². The van der Waals surface area contributed by atoms with Crippen LogP contribution in [-0.4, -0.2) is 32.3 Å². The maximum atomic E-state index is 5.58. The van der Waals surface area contributed by atoms with E-state index in [-0.39, 0.29) is 0 Å². The summed E-state index contributed by atoms with van der Waals surface area (Å²) in [5, 5.41) is 3.53. The van der Waals surface area contributed by atoms with Crippen molar-refractivity contribution in [3.05, 3.63) is 29.8 Å². The molecular formula is C17H28N2O. The summed E-state index contributed by atoms with van der Waals surface area (Å²) in [6, 6.07) is 9.97. The Labute approximate surface area is 123 Å². The summed E-state index contributed by atoms with van der Waals surface area (Å²) in [4.78, 5) is 2.48. The van der Waals surface area contributed by atoms with Gasteiger partial charge in [0.05, 0.1) is 19.3 Å². The quantitative estimate of drug-likeness (QED) is 0.862. The Hall–Kier alpha value is -1.06. The standard InChI is InChI=1S/C17H28N2O/c1-4-10-18-14(3)15-6-8-17(9-7-15)19-11-12-20-13-16(19)5-2/h6-9,14,16,18H,4-5,10-13H2,1-3H3. The second kappa shape index (κ2) is 7.65. The molecule has 0 amide bonds. The average Bonchev–Trinajstić information content (AvgIpc) is 2.52. The monoisotopic (exact) mass is 276 g/mol. The molecule has 0 aromatic heterocycles. The van der Waals surface area contributed by atoms with Crippen molar-refractivity contribution in [1.29, 1.82) is 0 Å². The molecule has 1 N–H and O–H groups in total. The molecular weight excluding hydrogens is 248 g/mol. The van der Waals surface area contributed by atoms with Crippen molar-refractivity contribution in [3.8, 4) is 0 Å². The number of morpholine rings is 1. The van der Waals surface area contributed by atoms with Crippen molar-refractivity contribution in [1.82, 2.24) is 5.32 Å². The topological polar surface area (TPSA) is 24.5 Å². The largest absolute Gasteiger partial charge is 0.377 e. The fourth-order valence-corrected chi connectivity index (χ4v) is 2.77. The molecule has 1 saturated heterocycles. The third-order valence-electron chi connectivity index (χ3n) is 4.12. The zero-order valence-corrected chi connectivity index (χ0v) is 13.1. The minimum Gasteiger partial charge on any atom is -0.377 e. The molecule has 2 rings (SSSR count). The summed E-state index contributed by atoms with van der Waals surface area (Å²) in [5.41, 5.74) is 2.69. The predicted molar refractivity (Wildman–Crippen MR) is 85.4 cm³/mol. The highest BCUT2D eigenvalue weighted by molar-refractivity contribution is 5.49. The molecule has 0 radical (unpaired) electrons. The van der Waals surface area contributed by atoms with Crippen LogP contribution in [-0.2, 0) is 4.74 Å². The van der Waals surface area contributed by atoms with Gasteiger partial charge in [-0.15, -0.1) is 0 Å². The number of hydrogen-bond acceptors (Lipinski definition) is 3. The molecule has 0 aliphatic carbocycles. The molecule has 1 aliphatic rings. The lowest BCUT2D eigenvalue weighted by molar-refractivity contribution is 0.0930. The van der Waals surface area contributed by atoms with Gasteiger partial charge in [-0.1, -0.05) is 26.0 Å². The molecule has 1 aromatic carbocycles. The molecule has 2 atom stereocenters. The fourth-order valence-electron chi connectivity index (χ4n) is 2.77. The molecule has 0 saturated carbocycles. The number of anilines is 1. The molecule has 0 bridgehead atoms. The smallest absolute Gasteiger partial charge is 0.0670 e. The van der Waals surface area contributed by atoms with Crippen LogP contribution in [0.3, 0.4) is 0 Å². The molecule has 0 spiro atoms. The van der Waals surface area contributed by atoms with E-state index in [2.05, 4.69) is 55.3 Å². The second-order valence-corrected chi connectivity index (χ2v) is 5.60. The van der Waals surface area contributed by atoms with E-state index < -0.39 is 0 Å². The molecule has 3 nitrogen and oxygen atoms in total. The third-order valence-corrected chi connectivity index (χ3v) is 4.12. The Morgan fingerprint density at radius 1 is 1.30 bits per heavy atom. The van der Waals surface area contributed by atoms with Crippen LogP contribution < -0.4 is 10.2 Å². The summed E-state index contributed by atoms with van der Waals surface area (Å²) >= 11 is 0. The van der Waals surface area contributed by atoms with Crippen molar-refractivity contribution in [2.45, 2.75) is 45.7 Å². The van der Waals surface area contributed by atoms with Gasteiger partial charge in [-0.2, -0.15) is 0 Å². The van der Waals surface area contributed by atoms with Crippen molar-refractivity contribution >= 4 is 5.69 Å². The van der Waals surface area contributed by atoms with E-state index >= 15 is 0 Å². The minimum absolute atomic E-state index is 0.427. The second-order valence-electron chi connectivity index (χ2n) is 5.60. The number of rotatable bonds is 6. The van der Waals surface area contributed by atoms with Crippen molar-refractivity contribution in [3.63, 3.8) is 0 Å². The van der Waals surface area contributed by atoms with Gasteiger partial charge in [0.25, 0.3) is 0 Å². The summed E-state index contributed by atoms with van der Waals surface area (Å²) < 4.78 is 5.58. The Kier molecular flexibility index (Phi) is 5.86. The highest BCUT2D eigenvalue weighted by atomic mass is 16.5. The van der Waals surface area contributed by atoms with Crippen LogP contribution >= 0.6 is 0 Å². The van der Waals surface area contributed by atoms with Gasteiger partial charge in [0, 0.05) is 18.3 Å². The summed E-state index contributed by atoms with van der Waals surface area (Å²) in [6.07, 6.45) is 2.31. The molecule has 1 aromatic rings. The highest BCUT2D eigenvalue weighted by Gasteiger charge is 2.21. The molecule has 1 fully saturated rings. The number of ether oxygens (including phenoxy) is 1. The van der Waals surface area contributed by atoms with Crippen molar-refractivity contribution in [2.75, 3.05) is 31.2 Å². The SMILES string of the molecule is CCCNC(C)c1ccc(N2CCOCC2CC)cc1. The van der Waals surface area contributed by atoms with Gasteiger partial charge in [-0.3, -0.25) is 0 Å². The lowest BCUT2D eigenvalue weighted by atomic mass is 10.1. The molecule has 112 valence electrons. The lowest BCUT2D eigenvalue weighted by Crippen LogP contribution is -2.45. The molecule has 1 aliphatic heterocycles. The first kappa shape index (κ1) is 15.3. The van der Waals surface area contributed by atoms with Gasteiger partial charge in [0.2, 0.25) is 0 Å². The molecule has 20 heavy (non-hydrogen) atoms. The minimum atomic E-state index is 0.427. The Morgan fingerprint density at radius 3 is 2.70 bits per heavy atom. The van der Waals surface area contributed by atoms with Gasteiger partial charge in [-0.05, 0) is 44.0 Å². The fraction of sp³-hybridized carbons (Fsp3) is 0.647. The first-order valence-electron chi connectivity index (χ1n) is 7.94. The van der Waals surface area contributed by atoms with Crippen molar-refractivity contribution < 1.29 is 4.74 Å². The van der Waals surface area contributed by atoms with Gasteiger partial charge < -0.3 is 15.0 Å². The summed E-state index contributed by atoms with van der Waals surface area (Å²) in [7, 11) is 0. The predicted octanol–water partition coefficient (Wildman–Crippen LogP) is 3.36. The normalized spacial score (nSPS) is 20.9. The van der Waals surface area contributed by atoms with Crippen LogP contribution in [0.1, 0.15) is 45.2 Å². The van der Waals surface area contributed by atoms with Crippen molar-refractivity contribution in [2.24, 2.45) is 0 Å². The Morgan fingerprint density at radius 2 is 2.05 bits per heavy atom. The third kappa shape index (κ3) is 3.74. The van der Waals surface area contributed by atoms with Crippen LogP contribution in [0.4, 0.5) is 5.69 Å². The van der Waals surface area contributed by atoms with Crippen LogP contribution in [0.2, 0.25) is 0 Å². The van der Waals surface area contributed by atoms with E-state index in [4.69, 9.17) is 4.74 Å². The maximum Gasteiger partial charge on any atom is 0.0670 e. The Balaban J connectivity index is 2.03. The van der Waals surface area contributed by atoms with Crippen LogP contribution in [0.15, 0.2) is 24.3 Å². The molecule has 2 unspecified atom stereocenters. The van der Waals surface area contributed by atoms with Gasteiger partial charge in [0.15, 0.2) is 0 Å². The van der Waals surface area contributed by atoms with E-state index in [1.807, 2.05) is 0 Å². The number of benzene rings is 1. The molecule has 1 heterocycles. The first-order valence-corrected chi connectivity index (χ1v) is 7.94. The summed E-state index contributed by atoms with van der Waals surface area (Å²) in [6.45, 7) is 10.4. The van der Waals surface area contributed by atoms with Gasteiger partial charge in [0.1, 0.15) is 0 Å². The number of hydrogen-bond donors (Lipinski definition) is 1. The van der Waals surface area contributed by atoms with E-state index in [9.17, 15) is 0 Å². The maximum absolute atomic E-state index is 5.58.